The number of alkyl halides is 3. The third kappa shape index (κ3) is 4.93. The van der Waals surface area contributed by atoms with Crippen LogP contribution in [-0.4, -0.2) is 16.9 Å². The molecule has 3 rings (SSSR count). The van der Waals surface area contributed by atoms with Crippen LogP contribution in [0.15, 0.2) is 54.6 Å². The minimum absolute atomic E-state index is 0.119. The Labute approximate surface area is 173 Å². The van der Waals surface area contributed by atoms with Gasteiger partial charge in [0.25, 0.3) is 0 Å². The quantitative estimate of drug-likeness (QED) is 0.434. The van der Waals surface area contributed by atoms with Gasteiger partial charge >= 0.3 is 6.18 Å². The number of halogens is 4. The molecule has 0 N–H and O–H groups in total. The maximum atomic E-state index is 12.8. The van der Waals surface area contributed by atoms with Crippen LogP contribution < -0.4 is 4.74 Å². The van der Waals surface area contributed by atoms with E-state index in [0.29, 0.717) is 16.6 Å². The highest BCUT2D eigenvalue weighted by molar-refractivity contribution is 6.30. The van der Waals surface area contributed by atoms with E-state index in [4.69, 9.17) is 16.3 Å². The average Bonchev–Trinajstić information content (AvgIpc) is 3.12. The minimum atomic E-state index is -4.37. The van der Waals surface area contributed by atoms with Gasteiger partial charge in [-0.2, -0.15) is 18.3 Å². The lowest BCUT2D eigenvalue weighted by Crippen LogP contribution is -2.06. The molecule has 1 unspecified atom stereocenters. The van der Waals surface area contributed by atoms with Crippen LogP contribution in [0.1, 0.15) is 48.9 Å². The van der Waals surface area contributed by atoms with Gasteiger partial charge in [0.05, 0.1) is 24.1 Å². The van der Waals surface area contributed by atoms with E-state index in [9.17, 15) is 13.2 Å². The minimum Gasteiger partial charge on any atom is -0.481 e. The highest BCUT2D eigenvalue weighted by Crippen LogP contribution is 2.33. The fraction of sp³-hybridized carbons (Fsp3) is 0.318. The van der Waals surface area contributed by atoms with Crippen LogP contribution in [0.2, 0.25) is 5.02 Å². The standard InChI is InChI=1S/C22H22ClF3N2O/c1-14(16-5-4-6-18(23)12-16)11-15(2)20-13-21(29-3)28(27-20)19-9-7-17(8-10-19)22(24,25)26/h4-10,12-15H,11H2,1-3H3/t14-,15?/m0/s1. The molecule has 0 fully saturated rings. The SMILES string of the molecule is COc1cc(C(C)C[C@H](C)c2cccc(Cl)c2)nn1-c1ccc(C(F)(F)F)cc1. The van der Waals surface area contributed by atoms with Crippen LogP contribution >= 0.6 is 11.6 Å². The first-order valence-corrected chi connectivity index (χ1v) is 9.64. The van der Waals surface area contributed by atoms with E-state index in [2.05, 4.69) is 18.9 Å². The maximum absolute atomic E-state index is 12.8. The molecule has 2 aromatic carbocycles. The third-order valence-corrected chi connectivity index (χ3v) is 5.21. The van der Waals surface area contributed by atoms with Crippen molar-refractivity contribution in [2.75, 3.05) is 7.11 Å². The average molecular weight is 423 g/mol. The number of hydrogen-bond donors (Lipinski definition) is 0. The molecule has 1 aromatic heterocycles. The largest absolute Gasteiger partial charge is 0.481 e. The first-order valence-electron chi connectivity index (χ1n) is 9.26. The summed E-state index contributed by atoms with van der Waals surface area (Å²) >= 11 is 6.09. The smallest absolute Gasteiger partial charge is 0.416 e. The predicted molar refractivity (Wildman–Crippen MR) is 108 cm³/mol. The van der Waals surface area contributed by atoms with Crippen LogP contribution in [0, 0.1) is 0 Å². The van der Waals surface area contributed by atoms with Crippen molar-refractivity contribution in [1.29, 1.82) is 0 Å². The summed E-state index contributed by atoms with van der Waals surface area (Å²) in [5.41, 5.74) is 1.78. The van der Waals surface area contributed by atoms with Gasteiger partial charge in [-0.25, -0.2) is 4.68 Å². The van der Waals surface area contributed by atoms with Gasteiger partial charge in [0.2, 0.25) is 5.88 Å². The summed E-state index contributed by atoms with van der Waals surface area (Å²) in [7, 11) is 1.51. The van der Waals surface area contributed by atoms with E-state index in [-0.39, 0.29) is 11.8 Å². The first-order chi connectivity index (χ1) is 13.7. The Balaban J connectivity index is 1.82. The normalized spacial score (nSPS) is 13.9. The van der Waals surface area contributed by atoms with Crippen molar-refractivity contribution < 1.29 is 17.9 Å². The van der Waals surface area contributed by atoms with Crippen molar-refractivity contribution in [2.45, 2.75) is 38.3 Å². The molecule has 0 saturated heterocycles. The molecule has 0 spiro atoms. The molecule has 3 nitrogen and oxygen atoms in total. The Kier molecular flexibility index (Phi) is 6.22. The fourth-order valence-electron chi connectivity index (χ4n) is 3.34. The van der Waals surface area contributed by atoms with E-state index >= 15 is 0 Å². The Morgan fingerprint density at radius 2 is 1.72 bits per heavy atom. The van der Waals surface area contributed by atoms with E-state index in [0.717, 1.165) is 29.8 Å². The lowest BCUT2D eigenvalue weighted by atomic mass is 9.89. The zero-order valence-electron chi connectivity index (χ0n) is 16.4. The topological polar surface area (TPSA) is 27.1 Å². The monoisotopic (exact) mass is 422 g/mol. The van der Waals surface area contributed by atoms with Crippen molar-refractivity contribution in [2.24, 2.45) is 0 Å². The second-order valence-electron chi connectivity index (χ2n) is 7.16. The van der Waals surface area contributed by atoms with E-state index in [1.54, 1.807) is 0 Å². The van der Waals surface area contributed by atoms with Gasteiger partial charge in [0, 0.05) is 17.0 Å². The summed E-state index contributed by atoms with van der Waals surface area (Å²) < 4.78 is 45.3. The van der Waals surface area contributed by atoms with Crippen molar-refractivity contribution in [3.63, 3.8) is 0 Å². The number of methoxy groups -OCH3 is 1. The highest BCUT2D eigenvalue weighted by Gasteiger charge is 2.30. The van der Waals surface area contributed by atoms with Crippen molar-refractivity contribution in [3.05, 3.63) is 76.4 Å². The molecule has 3 aromatic rings. The number of aromatic nitrogens is 2. The van der Waals surface area contributed by atoms with E-state index in [1.807, 2.05) is 30.3 Å². The van der Waals surface area contributed by atoms with Crippen molar-refractivity contribution in [1.82, 2.24) is 9.78 Å². The Hall–Kier alpha value is -2.47. The Bertz CT molecular complexity index is 967. The van der Waals surface area contributed by atoms with Crippen LogP contribution in [0.4, 0.5) is 13.2 Å². The molecular formula is C22H22ClF3N2O. The number of hydrogen-bond acceptors (Lipinski definition) is 2. The van der Waals surface area contributed by atoms with Crippen molar-refractivity contribution >= 4 is 11.6 Å². The highest BCUT2D eigenvalue weighted by atomic mass is 35.5. The Morgan fingerprint density at radius 1 is 1.03 bits per heavy atom. The van der Waals surface area contributed by atoms with Gasteiger partial charge < -0.3 is 4.74 Å². The molecule has 1 heterocycles. The molecule has 0 aliphatic carbocycles. The molecule has 2 atom stereocenters. The number of nitrogens with zero attached hydrogens (tertiary/aromatic N) is 2. The summed E-state index contributed by atoms with van der Waals surface area (Å²) in [5, 5.41) is 5.30. The first kappa shape index (κ1) is 21.2. The molecule has 29 heavy (non-hydrogen) atoms. The van der Waals surface area contributed by atoms with Gasteiger partial charge in [-0.15, -0.1) is 0 Å². The van der Waals surface area contributed by atoms with Crippen LogP contribution in [0.3, 0.4) is 0 Å². The lowest BCUT2D eigenvalue weighted by molar-refractivity contribution is -0.137. The predicted octanol–water partition coefficient (Wildman–Crippen LogP) is 6.85. The fourth-order valence-corrected chi connectivity index (χ4v) is 3.54. The van der Waals surface area contributed by atoms with E-state index in [1.165, 1.54) is 23.9 Å². The van der Waals surface area contributed by atoms with Gasteiger partial charge in [0.15, 0.2) is 0 Å². The lowest BCUT2D eigenvalue weighted by Gasteiger charge is -2.16. The number of benzene rings is 2. The molecule has 154 valence electrons. The molecule has 0 bridgehead atoms. The van der Waals surface area contributed by atoms with Gasteiger partial charge in [-0.3, -0.25) is 0 Å². The number of rotatable bonds is 6. The molecule has 0 saturated carbocycles. The molecule has 0 radical (unpaired) electrons. The van der Waals surface area contributed by atoms with E-state index < -0.39 is 11.7 Å². The van der Waals surface area contributed by atoms with Crippen LogP contribution in [0.5, 0.6) is 5.88 Å². The maximum Gasteiger partial charge on any atom is 0.416 e. The van der Waals surface area contributed by atoms with Gasteiger partial charge in [-0.1, -0.05) is 37.6 Å². The summed E-state index contributed by atoms with van der Waals surface area (Å²) in [6.07, 6.45) is -3.53. The zero-order chi connectivity index (χ0) is 21.2. The zero-order valence-corrected chi connectivity index (χ0v) is 17.1. The van der Waals surface area contributed by atoms with Gasteiger partial charge in [-0.05, 0) is 54.3 Å². The third-order valence-electron chi connectivity index (χ3n) is 4.97. The summed E-state index contributed by atoms with van der Waals surface area (Å²) in [5.74, 6) is 0.863. The molecular weight excluding hydrogens is 401 g/mol. The van der Waals surface area contributed by atoms with Crippen LogP contribution in [0.25, 0.3) is 5.69 Å². The summed E-state index contributed by atoms with van der Waals surface area (Å²) in [6, 6.07) is 14.5. The second-order valence-corrected chi connectivity index (χ2v) is 7.60. The van der Waals surface area contributed by atoms with Gasteiger partial charge in [0.1, 0.15) is 0 Å². The molecule has 0 aliphatic heterocycles. The number of ether oxygens (including phenoxy) is 1. The van der Waals surface area contributed by atoms with Crippen molar-refractivity contribution in [3.8, 4) is 11.6 Å². The van der Waals surface area contributed by atoms with Crippen LogP contribution in [-0.2, 0) is 6.18 Å². The molecule has 0 amide bonds. The summed E-state index contributed by atoms with van der Waals surface area (Å²) in [6.45, 7) is 4.20. The second kappa shape index (κ2) is 8.49. The molecule has 0 aliphatic rings. The Morgan fingerprint density at radius 3 is 2.31 bits per heavy atom. The summed E-state index contributed by atoms with van der Waals surface area (Å²) in [4.78, 5) is 0. The molecule has 7 heteroatoms.